The van der Waals surface area contributed by atoms with Gasteiger partial charge >= 0.3 is 5.69 Å². The number of nitrogens with zero attached hydrogens (tertiary/aromatic N) is 3. The molecule has 2 N–H and O–H groups in total. The maximum absolute atomic E-state index is 11.9. The van der Waals surface area contributed by atoms with Gasteiger partial charge in [-0.05, 0) is 42.2 Å². The summed E-state index contributed by atoms with van der Waals surface area (Å²) in [5.41, 5.74) is 4.94. The van der Waals surface area contributed by atoms with Gasteiger partial charge in [0.15, 0.2) is 5.16 Å². The number of nitrogens with one attached hydrogen (secondary N) is 2. The zero-order chi connectivity index (χ0) is 25.1. The van der Waals surface area contributed by atoms with Crippen LogP contribution in [0.3, 0.4) is 0 Å². The van der Waals surface area contributed by atoms with Crippen LogP contribution in [0.25, 0.3) is 5.69 Å². The van der Waals surface area contributed by atoms with Crippen molar-refractivity contribution in [1.82, 2.24) is 24.7 Å². The van der Waals surface area contributed by atoms with Crippen LogP contribution in [-0.2, 0) is 6.42 Å². The van der Waals surface area contributed by atoms with Gasteiger partial charge in [0.2, 0.25) is 0 Å². The van der Waals surface area contributed by atoms with E-state index in [-0.39, 0.29) is 11.7 Å². The minimum absolute atomic E-state index is 0.00677. The minimum atomic E-state index is -0.543. The van der Waals surface area contributed by atoms with Crippen molar-refractivity contribution >= 4 is 11.8 Å². The average Bonchev–Trinajstić information content (AvgIpc) is 3.26. The van der Waals surface area contributed by atoms with E-state index in [4.69, 9.17) is 0 Å². The van der Waals surface area contributed by atoms with Gasteiger partial charge in [-0.15, -0.1) is 10.2 Å². The zero-order valence-electron chi connectivity index (χ0n) is 19.9. The molecule has 0 fully saturated rings. The molecule has 0 amide bonds. The van der Waals surface area contributed by atoms with Gasteiger partial charge in [-0.2, -0.15) is 0 Å². The van der Waals surface area contributed by atoms with Crippen LogP contribution >= 0.6 is 11.8 Å². The lowest BCUT2D eigenvalue weighted by molar-refractivity contribution is 0.822. The molecule has 0 spiro atoms. The number of aryl methyl sites for hydroxylation is 2. The monoisotopic (exact) mass is 495 g/mol. The van der Waals surface area contributed by atoms with E-state index in [1.165, 1.54) is 6.07 Å². The molecule has 3 aromatic carbocycles. The van der Waals surface area contributed by atoms with Gasteiger partial charge in [-0.1, -0.05) is 84.6 Å². The Morgan fingerprint density at radius 3 is 2.14 bits per heavy atom. The third-order valence-corrected chi connectivity index (χ3v) is 7.15. The SMILES string of the molecule is Cc1ccc(C)c(-n2c(Cc3cc(=O)[nH]c(=O)[nH]3)nnc2SC(c2ccccc2)c2ccccc2)c1. The highest BCUT2D eigenvalue weighted by atomic mass is 32.2. The summed E-state index contributed by atoms with van der Waals surface area (Å²) in [4.78, 5) is 28.7. The molecule has 2 aromatic heterocycles. The van der Waals surface area contributed by atoms with Gasteiger partial charge in [0, 0.05) is 18.2 Å². The predicted molar refractivity (Wildman–Crippen MR) is 142 cm³/mol. The quantitative estimate of drug-likeness (QED) is 0.318. The fourth-order valence-electron chi connectivity index (χ4n) is 4.17. The first-order valence-corrected chi connectivity index (χ1v) is 12.5. The van der Waals surface area contributed by atoms with Gasteiger partial charge in [0.1, 0.15) is 5.82 Å². The third-order valence-electron chi connectivity index (χ3n) is 5.90. The van der Waals surface area contributed by atoms with Crippen molar-refractivity contribution in [3.8, 4) is 5.69 Å². The van der Waals surface area contributed by atoms with Crippen molar-refractivity contribution in [2.75, 3.05) is 0 Å². The number of hydrogen-bond donors (Lipinski definition) is 2. The Balaban J connectivity index is 1.64. The van der Waals surface area contributed by atoms with E-state index in [0.29, 0.717) is 11.5 Å². The fourth-order valence-corrected chi connectivity index (χ4v) is 5.36. The molecular formula is C28H25N5O2S. The Labute approximate surface area is 212 Å². The largest absolute Gasteiger partial charge is 0.325 e. The Hall–Kier alpha value is -4.17. The normalized spacial score (nSPS) is 11.2. The minimum Gasteiger partial charge on any atom is -0.311 e. The highest BCUT2D eigenvalue weighted by Crippen LogP contribution is 2.41. The molecule has 0 atom stereocenters. The molecule has 5 aromatic rings. The summed E-state index contributed by atoms with van der Waals surface area (Å²) in [6.07, 6.45) is 0.251. The van der Waals surface area contributed by atoms with Crippen molar-refractivity contribution < 1.29 is 0 Å². The summed E-state index contributed by atoms with van der Waals surface area (Å²) in [6.45, 7) is 4.10. The van der Waals surface area contributed by atoms with Crippen molar-refractivity contribution in [3.63, 3.8) is 0 Å². The van der Waals surface area contributed by atoms with Gasteiger partial charge in [0.25, 0.3) is 5.56 Å². The lowest BCUT2D eigenvalue weighted by Gasteiger charge is -2.19. The molecular weight excluding hydrogens is 470 g/mol. The Kier molecular flexibility index (Phi) is 6.69. The van der Waals surface area contributed by atoms with Crippen LogP contribution in [-0.4, -0.2) is 24.7 Å². The molecule has 0 saturated heterocycles. The van der Waals surface area contributed by atoms with Crippen molar-refractivity contribution in [2.24, 2.45) is 0 Å². The molecule has 2 heterocycles. The Morgan fingerprint density at radius 1 is 0.833 bits per heavy atom. The summed E-state index contributed by atoms with van der Waals surface area (Å²) in [7, 11) is 0. The fraction of sp³-hybridized carbons (Fsp3) is 0.143. The van der Waals surface area contributed by atoms with Crippen LogP contribution in [0.15, 0.2) is 99.7 Å². The third kappa shape index (κ3) is 5.08. The van der Waals surface area contributed by atoms with Crippen molar-refractivity contribution in [3.05, 3.63) is 140 Å². The summed E-state index contributed by atoms with van der Waals surface area (Å²) >= 11 is 1.62. The molecule has 0 aliphatic rings. The number of aromatic amines is 2. The molecule has 0 bridgehead atoms. The van der Waals surface area contributed by atoms with Crippen LogP contribution in [0, 0.1) is 13.8 Å². The Morgan fingerprint density at radius 2 is 1.50 bits per heavy atom. The molecule has 0 radical (unpaired) electrons. The number of H-pyrrole nitrogens is 2. The van der Waals surface area contributed by atoms with Crippen LogP contribution in [0.1, 0.15) is 39.0 Å². The summed E-state index contributed by atoms with van der Waals surface area (Å²) < 4.78 is 2.03. The number of rotatable bonds is 7. The second-order valence-electron chi connectivity index (χ2n) is 8.63. The summed E-state index contributed by atoms with van der Waals surface area (Å²) in [5.74, 6) is 0.632. The van der Waals surface area contributed by atoms with Crippen molar-refractivity contribution in [2.45, 2.75) is 30.7 Å². The lowest BCUT2D eigenvalue weighted by Crippen LogP contribution is -2.23. The zero-order valence-corrected chi connectivity index (χ0v) is 20.8. The van der Waals surface area contributed by atoms with E-state index in [1.807, 2.05) is 54.8 Å². The number of thioether (sulfide) groups is 1. The predicted octanol–water partition coefficient (Wildman–Crippen LogP) is 4.73. The van der Waals surface area contributed by atoms with E-state index >= 15 is 0 Å². The average molecular weight is 496 g/mol. The van der Waals surface area contributed by atoms with Gasteiger partial charge < -0.3 is 4.98 Å². The maximum Gasteiger partial charge on any atom is 0.325 e. The van der Waals surface area contributed by atoms with E-state index in [2.05, 4.69) is 62.6 Å². The standard InChI is InChI=1S/C28H25N5O2S/c1-18-13-14-19(2)23(15-18)33-24(16-22-17-25(34)30-27(35)29-22)31-32-28(33)36-26(20-9-5-3-6-10-20)21-11-7-4-8-12-21/h3-15,17,26H,16H2,1-2H3,(H2,29,30,34,35). The molecule has 7 nitrogen and oxygen atoms in total. The molecule has 0 saturated carbocycles. The first kappa shape index (κ1) is 23.6. The number of benzene rings is 3. The molecule has 0 aliphatic heterocycles. The molecule has 180 valence electrons. The topological polar surface area (TPSA) is 96.4 Å². The maximum atomic E-state index is 11.9. The second kappa shape index (κ2) is 10.2. The molecule has 0 aliphatic carbocycles. The van der Waals surface area contributed by atoms with E-state index < -0.39 is 11.2 Å². The first-order chi connectivity index (χ1) is 17.5. The Bertz CT molecular complexity index is 1540. The summed E-state index contributed by atoms with van der Waals surface area (Å²) in [5, 5.41) is 9.83. The van der Waals surface area contributed by atoms with Crippen LogP contribution in [0.4, 0.5) is 0 Å². The summed E-state index contributed by atoms with van der Waals surface area (Å²) in [6, 6.07) is 28.3. The van der Waals surface area contributed by atoms with Gasteiger partial charge in [-0.3, -0.25) is 14.3 Å². The second-order valence-corrected chi connectivity index (χ2v) is 9.71. The smallest absolute Gasteiger partial charge is 0.311 e. The highest BCUT2D eigenvalue weighted by Gasteiger charge is 2.23. The van der Waals surface area contributed by atoms with E-state index in [1.54, 1.807) is 11.8 Å². The molecule has 0 unspecified atom stereocenters. The molecule has 8 heteroatoms. The molecule has 36 heavy (non-hydrogen) atoms. The first-order valence-electron chi connectivity index (χ1n) is 11.6. The van der Waals surface area contributed by atoms with Crippen molar-refractivity contribution in [1.29, 1.82) is 0 Å². The number of aromatic nitrogens is 5. The highest BCUT2D eigenvalue weighted by molar-refractivity contribution is 7.99. The van der Waals surface area contributed by atoms with E-state index in [9.17, 15) is 9.59 Å². The lowest BCUT2D eigenvalue weighted by atomic mass is 10.0. The van der Waals surface area contributed by atoms with Gasteiger partial charge in [0.05, 0.1) is 10.9 Å². The van der Waals surface area contributed by atoms with Crippen LogP contribution in [0.2, 0.25) is 0 Å². The van der Waals surface area contributed by atoms with Crippen LogP contribution < -0.4 is 11.2 Å². The van der Waals surface area contributed by atoms with E-state index in [0.717, 1.165) is 33.1 Å². The van der Waals surface area contributed by atoms with Crippen LogP contribution in [0.5, 0.6) is 0 Å². The molecule has 5 rings (SSSR count). The van der Waals surface area contributed by atoms with Gasteiger partial charge in [-0.25, -0.2) is 4.79 Å². The number of hydrogen-bond acceptors (Lipinski definition) is 5.